The second-order valence-corrected chi connectivity index (χ2v) is 5.96. The van der Waals surface area contributed by atoms with Gasteiger partial charge in [-0.2, -0.15) is 0 Å². The van der Waals surface area contributed by atoms with Crippen LogP contribution in [0, 0.1) is 5.92 Å². The normalized spacial score (nSPS) is 30.1. The lowest BCUT2D eigenvalue weighted by molar-refractivity contribution is 0.286. The fraction of sp³-hybridized carbons (Fsp3) is 0.688. The zero-order valence-corrected chi connectivity index (χ0v) is 12.3. The molecule has 1 aliphatic carbocycles. The van der Waals surface area contributed by atoms with Crippen LogP contribution in [0.2, 0.25) is 0 Å². The fourth-order valence-corrected chi connectivity index (χ4v) is 3.76. The largest absolute Gasteiger partial charge is 0.480 e. The van der Waals surface area contributed by atoms with E-state index in [1.165, 1.54) is 45.1 Å². The van der Waals surface area contributed by atoms with E-state index in [9.17, 15) is 0 Å². The molecule has 1 saturated carbocycles. The van der Waals surface area contributed by atoms with Crippen LogP contribution in [0.15, 0.2) is 18.3 Å². The van der Waals surface area contributed by atoms with Crippen molar-refractivity contribution >= 4 is 5.69 Å². The summed E-state index contributed by atoms with van der Waals surface area (Å²) in [4.78, 5) is 4.28. The smallest absolute Gasteiger partial charge is 0.237 e. The summed E-state index contributed by atoms with van der Waals surface area (Å²) in [6, 6.07) is 5.26. The van der Waals surface area contributed by atoms with Gasteiger partial charge in [-0.1, -0.05) is 12.8 Å². The van der Waals surface area contributed by atoms with Gasteiger partial charge in [0, 0.05) is 18.3 Å². The Balaban J connectivity index is 1.69. The molecular formula is C16H25N3O. The van der Waals surface area contributed by atoms with E-state index in [2.05, 4.69) is 21.7 Å². The van der Waals surface area contributed by atoms with E-state index >= 15 is 0 Å². The predicted molar refractivity (Wildman–Crippen MR) is 81.2 cm³/mol. The third-order valence-corrected chi connectivity index (χ3v) is 4.74. The summed E-state index contributed by atoms with van der Waals surface area (Å²) >= 11 is 0. The molecule has 110 valence electrons. The van der Waals surface area contributed by atoms with Gasteiger partial charge in [0.15, 0.2) is 0 Å². The lowest BCUT2D eigenvalue weighted by Gasteiger charge is -2.33. The van der Waals surface area contributed by atoms with E-state index in [0.717, 1.165) is 11.6 Å². The van der Waals surface area contributed by atoms with Crippen LogP contribution in [0.5, 0.6) is 5.88 Å². The first-order valence-corrected chi connectivity index (χ1v) is 7.87. The highest BCUT2D eigenvalue weighted by Gasteiger charge is 2.34. The first-order chi connectivity index (χ1) is 9.88. The highest BCUT2D eigenvalue weighted by Crippen LogP contribution is 2.35. The van der Waals surface area contributed by atoms with Gasteiger partial charge in [-0.05, 0) is 50.3 Å². The van der Waals surface area contributed by atoms with Gasteiger partial charge >= 0.3 is 0 Å². The maximum atomic E-state index is 5.35. The molecule has 2 N–H and O–H groups in total. The number of hydrogen-bond acceptors (Lipinski definition) is 4. The number of anilines is 1. The molecule has 3 rings (SSSR count). The van der Waals surface area contributed by atoms with Crippen LogP contribution in [0.4, 0.5) is 5.69 Å². The van der Waals surface area contributed by atoms with Crippen LogP contribution in [-0.4, -0.2) is 30.7 Å². The molecule has 1 aromatic rings. The molecule has 2 heterocycles. The fourth-order valence-electron chi connectivity index (χ4n) is 3.76. The Bertz CT molecular complexity index is 431. The average Bonchev–Trinajstić information content (AvgIpc) is 2.97. The molecule has 3 unspecified atom stereocenters. The molecule has 1 saturated heterocycles. The predicted octanol–water partition coefficient (Wildman–Crippen LogP) is 2.81. The number of pyridine rings is 1. The van der Waals surface area contributed by atoms with E-state index in [1.54, 1.807) is 13.3 Å². The van der Waals surface area contributed by atoms with Crippen LogP contribution < -0.4 is 15.4 Å². The van der Waals surface area contributed by atoms with Crippen LogP contribution in [0.25, 0.3) is 0 Å². The van der Waals surface area contributed by atoms with Gasteiger partial charge in [0.25, 0.3) is 0 Å². The van der Waals surface area contributed by atoms with Crippen LogP contribution >= 0.6 is 0 Å². The molecule has 1 aromatic heterocycles. The Hall–Kier alpha value is -1.29. The third kappa shape index (κ3) is 2.90. The highest BCUT2D eigenvalue weighted by molar-refractivity contribution is 5.53. The van der Waals surface area contributed by atoms with E-state index in [0.29, 0.717) is 18.0 Å². The topological polar surface area (TPSA) is 46.2 Å². The molecule has 4 heteroatoms. The summed E-state index contributed by atoms with van der Waals surface area (Å²) < 4.78 is 5.35. The summed E-state index contributed by atoms with van der Waals surface area (Å²) in [6.45, 7) is 1.18. The van der Waals surface area contributed by atoms with E-state index < -0.39 is 0 Å². The van der Waals surface area contributed by atoms with Crippen molar-refractivity contribution in [3.63, 3.8) is 0 Å². The standard InChI is InChI=1S/C16H25N3O/c1-20-16-15(9-5-11-18-16)19-14-8-4-6-12(14)13-7-2-3-10-17-13/h5,9,11-14,17,19H,2-4,6-8,10H2,1H3. The van der Waals surface area contributed by atoms with Gasteiger partial charge in [0.2, 0.25) is 5.88 Å². The van der Waals surface area contributed by atoms with Gasteiger partial charge < -0.3 is 15.4 Å². The van der Waals surface area contributed by atoms with Gasteiger partial charge in [0.1, 0.15) is 0 Å². The van der Waals surface area contributed by atoms with Gasteiger partial charge in [-0.15, -0.1) is 0 Å². The van der Waals surface area contributed by atoms with E-state index in [-0.39, 0.29) is 0 Å². The van der Waals surface area contributed by atoms with Crippen molar-refractivity contribution in [3.8, 4) is 5.88 Å². The van der Waals surface area contributed by atoms with Crippen molar-refractivity contribution in [2.75, 3.05) is 19.0 Å². The third-order valence-electron chi connectivity index (χ3n) is 4.74. The quantitative estimate of drug-likeness (QED) is 0.887. The molecule has 1 aliphatic heterocycles. The average molecular weight is 275 g/mol. The number of aromatic nitrogens is 1. The van der Waals surface area contributed by atoms with Crippen molar-refractivity contribution < 1.29 is 4.74 Å². The molecule has 0 bridgehead atoms. The number of hydrogen-bond donors (Lipinski definition) is 2. The molecule has 0 amide bonds. The molecule has 2 fully saturated rings. The number of ether oxygens (including phenoxy) is 1. The Morgan fingerprint density at radius 2 is 2.20 bits per heavy atom. The summed E-state index contributed by atoms with van der Waals surface area (Å²) in [5.74, 6) is 1.44. The van der Waals surface area contributed by atoms with Crippen molar-refractivity contribution in [2.24, 2.45) is 5.92 Å². The Kier molecular flexibility index (Phi) is 4.41. The number of methoxy groups -OCH3 is 1. The van der Waals surface area contributed by atoms with Gasteiger partial charge in [-0.3, -0.25) is 0 Å². The van der Waals surface area contributed by atoms with Crippen molar-refractivity contribution in [1.29, 1.82) is 0 Å². The van der Waals surface area contributed by atoms with Gasteiger partial charge in [0.05, 0.1) is 12.8 Å². The van der Waals surface area contributed by atoms with Crippen LogP contribution in [-0.2, 0) is 0 Å². The Labute approximate surface area is 121 Å². The molecule has 2 aliphatic rings. The molecule has 3 atom stereocenters. The molecule has 0 radical (unpaired) electrons. The highest BCUT2D eigenvalue weighted by atomic mass is 16.5. The first kappa shape index (κ1) is 13.7. The SMILES string of the molecule is COc1ncccc1NC1CCCC1C1CCCCN1. The van der Waals surface area contributed by atoms with Crippen LogP contribution in [0.3, 0.4) is 0 Å². The lowest BCUT2D eigenvalue weighted by atomic mass is 9.88. The molecule has 0 spiro atoms. The second kappa shape index (κ2) is 6.44. The van der Waals surface area contributed by atoms with Crippen molar-refractivity contribution in [1.82, 2.24) is 10.3 Å². The molecule has 0 aromatic carbocycles. The number of nitrogens with one attached hydrogen (secondary N) is 2. The zero-order valence-electron chi connectivity index (χ0n) is 12.3. The summed E-state index contributed by atoms with van der Waals surface area (Å²) in [7, 11) is 1.68. The van der Waals surface area contributed by atoms with Crippen molar-refractivity contribution in [2.45, 2.75) is 50.6 Å². The lowest BCUT2D eigenvalue weighted by Crippen LogP contribution is -2.44. The van der Waals surface area contributed by atoms with Crippen molar-refractivity contribution in [3.05, 3.63) is 18.3 Å². The molecule has 4 nitrogen and oxygen atoms in total. The summed E-state index contributed by atoms with van der Waals surface area (Å²) in [5, 5.41) is 7.40. The zero-order chi connectivity index (χ0) is 13.8. The van der Waals surface area contributed by atoms with Crippen LogP contribution in [0.1, 0.15) is 38.5 Å². The van der Waals surface area contributed by atoms with Gasteiger partial charge in [-0.25, -0.2) is 4.98 Å². The summed E-state index contributed by atoms with van der Waals surface area (Å²) in [5.41, 5.74) is 1.03. The molecular weight excluding hydrogens is 250 g/mol. The maximum Gasteiger partial charge on any atom is 0.237 e. The minimum absolute atomic E-state index is 0.545. The Morgan fingerprint density at radius 3 is 3.00 bits per heavy atom. The van der Waals surface area contributed by atoms with E-state index in [4.69, 9.17) is 4.74 Å². The first-order valence-electron chi connectivity index (χ1n) is 7.87. The molecule has 20 heavy (non-hydrogen) atoms. The summed E-state index contributed by atoms with van der Waals surface area (Å²) in [6.07, 6.45) is 9.71. The van der Waals surface area contributed by atoms with E-state index in [1.807, 2.05) is 6.07 Å². The maximum absolute atomic E-state index is 5.35. The number of rotatable bonds is 4. The minimum Gasteiger partial charge on any atom is -0.480 e. The minimum atomic E-state index is 0.545. The number of nitrogens with zero attached hydrogens (tertiary/aromatic N) is 1. The number of piperidine rings is 1. The monoisotopic (exact) mass is 275 g/mol. The Morgan fingerprint density at radius 1 is 1.25 bits per heavy atom. The second-order valence-electron chi connectivity index (χ2n) is 5.96.